The number of nitrogens with zero attached hydrogens (tertiary/aromatic N) is 3. The van der Waals surface area contributed by atoms with Crippen molar-refractivity contribution in [3.8, 4) is 16.9 Å². The fourth-order valence-corrected chi connectivity index (χ4v) is 4.65. The van der Waals surface area contributed by atoms with Gasteiger partial charge in [0, 0.05) is 30.6 Å². The maximum atomic E-state index is 13.0. The first-order valence-electron chi connectivity index (χ1n) is 10.3. The zero-order chi connectivity index (χ0) is 22.0. The van der Waals surface area contributed by atoms with Gasteiger partial charge in [-0.2, -0.15) is 5.10 Å². The Kier molecular flexibility index (Phi) is 5.93. The molecule has 3 aromatic rings. The molecule has 1 aliphatic heterocycles. The maximum Gasteiger partial charge on any atom is 0.228 e. The van der Waals surface area contributed by atoms with Crippen LogP contribution >= 0.6 is 0 Å². The Morgan fingerprint density at radius 1 is 1.03 bits per heavy atom. The monoisotopic (exact) mass is 438 g/mol. The third-order valence-electron chi connectivity index (χ3n) is 5.60. The molecule has 2 aromatic carbocycles. The minimum absolute atomic E-state index is 0.110. The topological polar surface area (TPSA) is 84.3 Å². The van der Waals surface area contributed by atoms with Crippen molar-refractivity contribution in [1.82, 2.24) is 14.1 Å². The number of hydrogen-bond acceptors (Lipinski definition) is 4. The number of carbonyl (C=O) groups excluding carboxylic acids is 1. The van der Waals surface area contributed by atoms with E-state index in [9.17, 15) is 13.2 Å². The quantitative estimate of drug-likeness (QED) is 0.661. The molecule has 1 aliphatic rings. The number of anilines is 1. The van der Waals surface area contributed by atoms with Gasteiger partial charge in [-0.25, -0.2) is 17.4 Å². The first-order valence-corrected chi connectivity index (χ1v) is 12.1. The number of piperidine rings is 1. The number of amides is 1. The van der Waals surface area contributed by atoms with Crippen molar-refractivity contribution in [1.29, 1.82) is 0 Å². The average molecular weight is 439 g/mol. The molecule has 1 aromatic heterocycles. The smallest absolute Gasteiger partial charge is 0.228 e. The summed E-state index contributed by atoms with van der Waals surface area (Å²) in [5.74, 6) is 0.248. The second kappa shape index (κ2) is 8.64. The van der Waals surface area contributed by atoms with Crippen molar-refractivity contribution in [2.75, 3.05) is 24.7 Å². The van der Waals surface area contributed by atoms with Crippen LogP contribution in [0.25, 0.3) is 16.9 Å². The van der Waals surface area contributed by atoms with Crippen LogP contribution in [0.2, 0.25) is 0 Å². The molecule has 4 rings (SSSR count). The van der Waals surface area contributed by atoms with Crippen LogP contribution in [0.1, 0.15) is 18.4 Å². The van der Waals surface area contributed by atoms with E-state index in [1.165, 1.54) is 16.1 Å². The highest BCUT2D eigenvalue weighted by Crippen LogP contribution is 2.27. The minimum atomic E-state index is -3.22. The summed E-state index contributed by atoms with van der Waals surface area (Å²) in [7, 11) is -3.22. The van der Waals surface area contributed by atoms with Gasteiger partial charge >= 0.3 is 0 Å². The molecule has 0 saturated carbocycles. The normalized spacial score (nSPS) is 15.7. The van der Waals surface area contributed by atoms with Crippen molar-refractivity contribution in [3.05, 3.63) is 66.2 Å². The number of nitrogens with one attached hydrogen (secondary N) is 1. The van der Waals surface area contributed by atoms with Crippen molar-refractivity contribution in [2.45, 2.75) is 19.8 Å². The van der Waals surface area contributed by atoms with E-state index < -0.39 is 10.0 Å². The van der Waals surface area contributed by atoms with E-state index in [4.69, 9.17) is 5.10 Å². The van der Waals surface area contributed by atoms with E-state index in [-0.39, 0.29) is 11.8 Å². The Balaban J connectivity index is 1.58. The molecule has 1 N–H and O–H groups in total. The summed E-state index contributed by atoms with van der Waals surface area (Å²) in [5.41, 5.74) is 3.76. The number of hydrogen-bond donors (Lipinski definition) is 1. The number of aryl methyl sites for hydroxylation is 1. The Labute approximate surface area is 182 Å². The molecule has 0 bridgehead atoms. The van der Waals surface area contributed by atoms with Gasteiger partial charge in [0.25, 0.3) is 0 Å². The van der Waals surface area contributed by atoms with E-state index >= 15 is 0 Å². The summed E-state index contributed by atoms with van der Waals surface area (Å²) in [4.78, 5) is 13.0. The molecule has 7 nitrogen and oxygen atoms in total. The van der Waals surface area contributed by atoms with Gasteiger partial charge in [0.05, 0.1) is 17.6 Å². The summed E-state index contributed by atoms with van der Waals surface area (Å²) in [6.45, 7) is 2.76. The highest BCUT2D eigenvalue weighted by atomic mass is 32.2. The second-order valence-corrected chi connectivity index (χ2v) is 9.94. The number of para-hydroxylation sites is 1. The molecule has 0 aliphatic carbocycles. The van der Waals surface area contributed by atoms with Crippen LogP contribution in [0.5, 0.6) is 0 Å². The highest BCUT2D eigenvalue weighted by molar-refractivity contribution is 7.88. The van der Waals surface area contributed by atoms with Gasteiger partial charge in [-0.15, -0.1) is 0 Å². The lowest BCUT2D eigenvalue weighted by molar-refractivity contribution is -0.120. The number of sulfonamides is 1. The molecule has 0 radical (unpaired) electrons. The van der Waals surface area contributed by atoms with E-state index in [0.717, 1.165) is 16.9 Å². The fourth-order valence-electron chi connectivity index (χ4n) is 3.78. The predicted octanol–water partition coefficient (Wildman–Crippen LogP) is 3.46. The number of benzene rings is 2. The Morgan fingerprint density at radius 3 is 2.29 bits per heavy atom. The average Bonchev–Trinajstić information content (AvgIpc) is 3.18. The molecule has 1 amide bonds. The summed E-state index contributed by atoms with van der Waals surface area (Å²) in [6.07, 6.45) is 2.21. The standard InChI is InChI=1S/C23H26N4O3S/c1-17-8-10-18(11-9-17)21-16-22(27(25-21)20-6-4-3-5-7-20)24-23(28)19-12-14-26(15-13-19)31(2,29)30/h3-11,16,19H,12-15H2,1-2H3,(H,24,28). The van der Waals surface area contributed by atoms with E-state index in [1.54, 1.807) is 4.68 Å². The Morgan fingerprint density at radius 2 is 1.68 bits per heavy atom. The lowest BCUT2D eigenvalue weighted by Gasteiger charge is -2.29. The first-order chi connectivity index (χ1) is 14.8. The maximum absolute atomic E-state index is 13.0. The number of aromatic nitrogens is 2. The largest absolute Gasteiger partial charge is 0.310 e. The molecule has 162 valence electrons. The zero-order valence-electron chi connectivity index (χ0n) is 17.7. The van der Waals surface area contributed by atoms with E-state index in [1.807, 2.05) is 67.6 Å². The molecule has 8 heteroatoms. The van der Waals surface area contributed by atoms with Gasteiger partial charge in [0.2, 0.25) is 15.9 Å². The van der Waals surface area contributed by atoms with Crippen LogP contribution in [0.15, 0.2) is 60.7 Å². The third kappa shape index (κ3) is 4.86. The molecule has 0 spiro atoms. The van der Waals surface area contributed by atoms with Crippen LogP contribution in [-0.4, -0.2) is 47.8 Å². The molecular weight excluding hydrogens is 412 g/mol. The van der Waals surface area contributed by atoms with Crippen LogP contribution in [0.3, 0.4) is 0 Å². The van der Waals surface area contributed by atoms with Crippen LogP contribution < -0.4 is 5.32 Å². The summed E-state index contributed by atoms with van der Waals surface area (Å²) >= 11 is 0. The van der Waals surface area contributed by atoms with Crippen LogP contribution in [-0.2, 0) is 14.8 Å². The molecule has 1 saturated heterocycles. The van der Waals surface area contributed by atoms with Gasteiger partial charge in [0.1, 0.15) is 5.82 Å². The summed E-state index contributed by atoms with van der Waals surface area (Å²) in [5, 5.41) is 7.76. The van der Waals surface area contributed by atoms with E-state index in [0.29, 0.717) is 31.7 Å². The van der Waals surface area contributed by atoms with Crippen LogP contribution in [0.4, 0.5) is 5.82 Å². The fraction of sp³-hybridized carbons (Fsp3) is 0.304. The molecule has 0 atom stereocenters. The predicted molar refractivity (Wildman–Crippen MR) is 122 cm³/mol. The molecule has 1 fully saturated rings. The highest BCUT2D eigenvalue weighted by Gasteiger charge is 2.29. The van der Waals surface area contributed by atoms with Gasteiger partial charge < -0.3 is 5.32 Å². The van der Waals surface area contributed by atoms with Crippen molar-refractivity contribution < 1.29 is 13.2 Å². The lowest BCUT2D eigenvalue weighted by Crippen LogP contribution is -2.41. The van der Waals surface area contributed by atoms with Gasteiger partial charge in [-0.3, -0.25) is 4.79 Å². The summed E-state index contributed by atoms with van der Waals surface area (Å²) in [6, 6.07) is 19.6. The van der Waals surface area contributed by atoms with Crippen molar-refractivity contribution in [2.24, 2.45) is 5.92 Å². The van der Waals surface area contributed by atoms with E-state index in [2.05, 4.69) is 5.32 Å². The van der Waals surface area contributed by atoms with Crippen molar-refractivity contribution >= 4 is 21.7 Å². The molecule has 31 heavy (non-hydrogen) atoms. The SMILES string of the molecule is Cc1ccc(-c2cc(NC(=O)C3CCN(S(C)(=O)=O)CC3)n(-c3ccccc3)n2)cc1. The Bertz CT molecular complexity index is 1160. The second-order valence-electron chi connectivity index (χ2n) is 7.95. The third-order valence-corrected chi connectivity index (χ3v) is 6.91. The minimum Gasteiger partial charge on any atom is -0.310 e. The van der Waals surface area contributed by atoms with Gasteiger partial charge in [-0.1, -0.05) is 48.0 Å². The molecular formula is C23H26N4O3S. The number of rotatable bonds is 5. The zero-order valence-corrected chi connectivity index (χ0v) is 18.5. The first kappa shape index (κ1) is 21.3. The molecule has 0 unspecified atom stereocenters. The van der Waals surface area contributed by atoms with Gasteiger partial charge in [0.15, 0.2) is 0 Å². The van der Waals surface area contributed by atoms with Crippen LogP contribution in [0, 0.1) is 12.8 Å². The lowest BCUT2D eigenvalue weighted by atomic mass is 9.97. The van der Waals surface area contributed by atoms with Crippen molar-refractivity contribution in [3.63, 3.8) is 0 Å². The van der Waals surface area contributed by atoms with Gasteiger partial charge in [-0.05, 0) is 31.9 Å². The summed E-state index contributed by atoms with van der Waals surface area (Å²) < 4.78 is 26.6. The molecule has 2 heterocycles. The number of carbonyl (C=O) groups is 1. The Hall–Kier alpha value is -2.97.